The first-order valence-electron chi connectivity index (χ1n) is 9.39. The Morgan fingerprint density at radius 2 is 1.90 bits per heavy atom. The first-order valence-corrected chi connectivity index (χ1v) is 9.76. The normalized spacial score (nSPS) is 11.1. The van der Waals surface area contributed by atoms with Gasteiger partial charge in [-0.25, -0.2) is 0 Å². The molecule has 0 saturated heterocycles. The van der Waals surface area contributed by atoms with Crippen LogP contribution >= 0.6 is 11.6 Å². The highest BCUT2D eigenvalue weighted by atomic mass is 35.5. The molecule has 0 aliphatic rings. The molecule has 7 nitrogen and oxygen atoms in total. The summed E-state index contributed by atoms with van der Waals surface area (Å²) in [5.74, 6) is 0.669. The molecule has 4 rings (SSSR count). The van der Waals surface area contributed by atoms with Crippen molar-refractivity contribution in [2.75, 3.05) is 6.54 Å². The van der Waals surface area contributed by atoms with Crippen LogP contribution in [-0.2, 0) is 13.0 Å². The van der Waals surface area contributed by atoms with Gasteiger partial charge in [-0.05, 0) is 37.6 Å². The number of amides is 1. The van der Waals surface area contributed by atoms with E-state index in [4.69, 9.17) is 11.6 Å². The molecule has 1 amide bonds. The lowest BCUT2D eigenvalue weighted by molar-refractivity contribution is 0.0952. The topological polar surface area (TPSA) is 77.1 Å². The minimum Gasteiger partial charge on any atom is -0.351 e. The van der Waals surface area contributed by atoms with E-state index in [0.717, 1.165) is 22.7 Å². The molecule has 8 heteroatoms. The first-order chi connectivity index (χ1) is 14.0. The molecule has 3 aromatic heterocycles. The molecule has 0 aliphatic heterocycles. The second-order valence-electron chi connectivity index (χ2n) is 6.85. The van der Waals surface area contributed by atoms with Crippen molar-refractivity contribution in [3.05, 3.63) is 82.0 Å². The zero-order valence-corrected chi connectivity index (χ0v) is 17.0. The number of nitrogens with one attached hydrogen (secondary N) is 1. The average Bonchev–Trinajstić information content (AvgIpc) is 3.24. The second-order valence-corrected chi connectivity index (χ2v) is 7.25. The van der Waals surface area contributed by atoms with Gasteiger partial charge < -0.3 is 5.32 Å². The maximum absolute atomic E-state index is 12.8. The van der Waals surface area contributed by atoms with E-state index in [1.54, 1.807) is 0 Å². The summed E-state index contributed by atoms with van der Waals surface area (Å²) < 4.78 is 3.74. The minimum atomic E-state index is -0.140. The van der Waals surface area contributed by atoms with Crippen molar-refractivity contribution in [1.82, 2.24) is 29.7 Å². The van der Waals surface area contributed by atoms with Gasteiger partial charge in [0.2, 0.25) is 0 Å². The zero-order chi connectivity index (χ0) is 20.4. The number of hydrogen-bond donors (Lipinski definition) is 1. The Hall–Kier alpha value is -3.19. The van der Waals surface area contributed by atoms with E-state index in [-0.39, 0.29) is 5.91 Å². The number of carbonyl (C=O) groups excluding carboxylic acids is 1. The zero-order valence-electron chi connectivity index (χ0n) is 16.3. The lowest BCUT2D eigenvalue weighted by atomic mass is 10.1. The van der Waals surface area contributed by atoms with Crippen LogP contribution in [0.3, 0.4) is 0 Å². The predicted molar refractivity (Wildman–Crippen MR) is 111 cm³/mol. The Bertz CT molecular complexity index is 1180. The van der Waals surface area contributed by atoms with Gasteiger partial charge in [0.1, 0.15) is 5.82 Å². The second kappa shape index (κ2) is 8.05. The Labute approximate surface area is 173 Å². The monoisotopic (exact) mass is 408 g/mol. The SMILES string of the molecule is Cc1nn(Cc2ccccc2Cl)c(C)c1C(=O)NCCc1nnc2ccccn12. The lowest BCUT2D eigenvalue weighted by Gasteiger charge is -2.08. The van der Waals surface area contributed by atoms with Gasteiger partial charge in [-0.15, -0.1) is 10.2 Å². The van der Waals surface area contributed by atoms with Crippen LogP contribution in [0.2, 0.25) is 5.02 Å². The Morgan fingerprint density at radius 3 is 2.72 bits per heavy atom. The summed E-state index contributed by atoms with van der Waals surface area (Å²) in [5.41, 5.74) is 3.86. The molecular weight excluding hydrogens is 388 g/mol. The van der Waals surface area contributed by atoms with Crippen molar-refractivity contribution in [3.8, 4) is 0 Å². The summed E-state index contributed by atoms with van der Waals surface area (Å²) in [4.78, 5) is 12.8. The van der Waals surface area contributed by atoms with Crippen LogP contribution in [0.15, 0.2) is 48.7 Å². The van der Waals surface area contributed by atoms with Crippen molar-refractivity contribution >= 4 is 23.2 Å². The Kier molecular flexibility index (Phi) is 5.31. The summed E-state index contributed by atoms with van der Waals surface area (Å²) in [5, 5.41) is 16.5. The molecule has 3 heterocycles. The van der Waals surface area contributed by atoms with E-state index in [1.807, 2.05) is 71.6 Å². The highest BCUT2D eigenvalue weighted by Crippen LogP contribution is 2.19. The number of rotatable bonds is 6. The van der Waals surface area contributed by atoms with Crippen molar-refractivity contribution in [2.24, 2.45) is 0 Å². The minimum absolute atomic E-state index is 0.140. The number of pyridine rings is 1. The molecule has 0 radical (unpaired) electrons. The predicted octanol–water partition coefficient (Wildman–Crippen LogP) is 3.22. The third kappa shape index (κ3) is 3.86. The van der Waals surface area contributed by atoms with Crippen molar-refractivity contribution in [1.29, 1.82) is 0 Å². The summed E-state index contributed by atoms with van der Waals surface area (Å²) in [6.07, 6.45) is 2.50. The number of aromatic nitrogens is 5. The molecular formula is C21H21ClN6O. The summed E-state index contributed by atoms with van der Waals surface area (Å²) in [6.45, 7) is 4.73. The fourth-order valence-electron chi connectivity index (χ4n) is 3.41. The Balaban J connectivity index is 1.45. The first kappa shape index (κ1) is 19.1. The third-order valence-corrected chi connectivity index (χ3v) is 5.27. The number of fused-ring (bicyclic) bond motifs is 1. The fraction of sp³-hybridized carbons (Fsp3) is 0.238. The molecule has 0 unspecified atom stereocenters. The molecule has 0 fully saturated rings. The number of halogens is 1. The molecule has 0 bridgehead atoms. The number of aryl methyl sites for hydroxylation is 1. The van der Waals surface area contributed by atoms with Gasteiger partial charge in [0.25, 0.3) is 5.91 Å². The highest BCUT2D eigenvalue weighted by molar-refractivity contribution is 6.31. The van der Waals surface area contributed by atoms with Crippen LogP contribution in [-0.4, -0.2) is 36.8 Å². The van der Waals surface area contributed by atoms with Crippen LogP contribution in [0.5, 0.6) is 0 Å². The van der Waals surface area contributed by atoms with Crippen LogP contribution in [0, 0.1) is 13.8 Å². The van der Waals surface area contributed by atoms with Crippen LogP contribution < -0.4 is 5.32 Å². The van der Waals surface area contributed by atoms with Crippen molar-refractivity contribution in [3.63, 3.8) is 0 Å². The largest absolute Gasteiger partial charge is 0.351 e. The third-order valence-electron chi connectivity index (χ3n) is 4.90. The molecule has 29 heavy (non-hydrogen) atoms. The van der Waals surface area contributed by atoms with E-state index >= 15 is 0 Å². The molecule has 0 saturated carbocycles. The van der Waals surface area contributed by atoms with Gasteiger partial charge in [-0.3, -0.25) is 13.9 Å². The summed E-state index contributed by atoms with van der Waals surface area (Å²) >= 11 is 6.26. The molecule has 1 N–H and O–H groups in total. The highest BCUT2D eigenvalue weighted by Gasteiger charge is 2.19. The number of nitrogens with zero attached hydrogens (tertiary/aromatic N) is 5. The van der Waals surface area contributed by atoms with Gasteiger partial charge in [0.15, 0.2) is 5.65 Å². The molecule has 0 spiro atoms. The molecule has 4 aromatic rings. The van der Waals surface area contributed by atoms with Gasteiger partial charge in [-0.2, -0.15) is 5.10 Å². The number of carbonyl (C=O) groups is 1. The van der Waals surface area contributed by atoms with Gasteiger partial charge in [0, 0.05) is 29.9 Å². The summed E-state index contributed by atoms with van der Waals surface area (Å²) in [6, 6.07) is 13.4. The quantitative estimate of drug-likeness (QED) is 0.531. The van der Waals surface area contributed by atoms with Crippen molar-refractivity contribution in [2.45, 2.75) is 26.8 Å². The Morgan fingerprint density at radius 1 is 1.10 bits per heavy atom. The molecule has 0 atom stereocenters. The van der Waals surface area contributed by atoms with E-state index in [1.165, 1.54) is 0 Å². The van der Waals surface area contributed by atoms with E-state index in [0.29, 0.717) is 35.8 Å². The smallest absolute Gasteiger partial charge is 0.255 e. The van der Waals surface area contributed by atoms with Gasteiger partial charge in [-0.1, -0.05) is 35.9 Å². The molecule has 1 aromatic carbocycles. The summed E-state index contributed by atoms with van der Waals surface area (Å²) in [7, 11) is 0. The standard InChI is InChI=1S/C21H21ClN6O/c1-14-20(15(2)28(26-14)13-16-7-3-4-8-17(16)22)21(29)23-11-10-19-25-24-18-9-5-6-12-27(18)19/h3-9,12H,10-11,13H2,1-2H3,(H,23,29). The van der Waals surface area contributed by atoms with Crippen molar-refractivity contribution < 1.29 is 4.79 Å². The maximum atomic E-state index is 12.8. The van der Waals surface area contributed by atoms with Gasteiger partial charge >= 0.3 is 0 Å². The molecule has 0 aliphatic carbocycles. The fourth-order valence-corrected chi connectivity index (χ4v) is 3.60. The lowest BCUT2D eigenvalue weighted by Crippen LogP contribution is -2.27. The number of benzene rings is 1. The maximum Gasteiger partial charge on any atom is 0.255 e. The molecule has 148 valence electrons. The van der Waals surface area contributed by atoms with Gasteiger partial charge in [0.05, 0.1) is 17.8 Å². The van der Waals surface area contributed by atoms with Crippen LogP contribution in [0.4, 0.5) is 0 Å². The average molecular weight is 409 g/mol. The van der Waals surface area contributed by atoms with E-state index in [2.05, 4.69) is 20.6 Å². The van der Waals surface area contributed by atoms with E-state index in [9.17, 15) is 4.79 Å². The van der Waals surface area contributed by atoms with Crippen LogP contribution in [0.25, 0.3) is 5.65 Å². The van der Waals surface area contributed by atoms with E-state index < -0.39 is 0 Å². The number of hydrogen-bond acceptors (Lipinski definition) is 4. The van der Waals surface area contributed by atoms with Crippen LogP contribution in [0.1, 0.15) is 33.1 Å².